The van der Waals surface area contributed by atoms with E-state index in [0.717, 1.165) is 12.6 Å². The van der Waals surface area contributed by atoms with Gasteiger partial charge in [-0.1, -0.05) is 24.3 Å². The van der Waals surface area contributed by atoms with E-state index in [1.807, 2.05) is 12.3 Å². The summed E-state index contributed by atoms with van der Waals surface area (Å²) >= 11 is 0. The monoisotopic (exact) mass is 281 g/mol. The molecule has 0 amide bonds. The van der Waals surface area contributed by atoms with Gasteiger partial charge in [-0.15, -0.1) is 0 Å². The molecule has 0 spiro atoms. The van der Waals surface area contributed by atoms with Gasteiger partial charge in [0.1, 0.15) is 0 Å². The molecule has 3 heteroatoms. The van der Waals surface area contributed by atoms with Gasteiger partial charge in [0, 0.05) is 23.7 Å². The van der Waals surface area contributed by atoms with Gasteiger partial charge in [0.05, 0.1) is 5.52 Å². The summed E-state index contributed by atoms with van der Waals surface area (Å²) in [6, 6.07) is 12.2. The van der Waals surface area contributed by atoms with Crippen molar-refractivity contribution in [3.8, 4) is 0 Å². The fourth-order valence-electron chi connectivity index (χ4n) is 3.97. The molecule has 1 aromatic heterocycles. The number of likely N-dealkylation sites (tertiary alicyclic amines) is 1. The molecule has 2 fully saturated rings. The number of para-hydroxylation sites is 1. The van der Waals surface area contributed by atoms with E-state index in [0.29, 0.717) is 12.0 Å². The Labute approximate surface area is 126 Å². The minimum Gasteiger partial charge on any atom is -0.319 e. The van der Waals surface area contributed by atoms with Crippen molar-refractivity contribution in [3.63, 3.8) is 0 Å². The SMILES string of the molecule is CNCC1CCN(C2CC2)C1c1cccc2cccnc12. The second kappa shape index (κ2) is 5.39. The molecule has 0 radical (unpaired) electrons. The van der Waals surface area contributed by atoms with Crippen LogP contribution in [0.3, 0.4) is 0 Å². The zero-order valence-corrected chi connectivity index (χ0v) is 12.6. The number of pyridine rings is 1. The van der Waals surface area contributed by atoms with Crippen LogP contribution in [0.15, 0.2) is 36.5 Å². The number of hydrogen-bond acceptors (Lipinski definition) is 3. The Hall–Kier alpha value is -1.45. The standard InChI is InChI=1S/C18H23N3/c1-19-12-14-9-11-21(15-7-8-15)18(14)16-6-2-4-13-5-3-10-20-17(13)16/h2-6,10,14-15,18-19H,7-9,11-12H2,1H3. The lowest BCUT2D eigenvalue weighted by atomic mass is 9.91. The lowest BCUT2D eigenvalue weighted by Crippen LogP contribution is -2.31. The highest BCUT2D eigenvalue weighted by Crippen LogP contribution is 2.45. The van der Waals surface area contributed by atoms with E-state index in [1.54, 1.807) is 0 Å². The van der Waals surface area contributed by atoms with Crippen LogP contribution in [0.2, 0.25) is 0 Å². The van der Waals surface area contributed by atoms with Crippen LogP contribution >= 0.6 is 0 Å². The summed E-state index contributed by atoms with van der Waals surface area (Å²) in [5.74, 6) is 0.697. The van der Waals surface area contributed by atoms with E-state index in [4.69, 9.17) is 0 Å². The van der Waals surface area contributed by atoms with E-state index in [-0.39, 0.29) is 0 Å². The molecule has 4 rings (SSSR count). The molecule has 110 valence electrons. The molecule has 2 heterocycles. The molecule has 1 N–H and O–H groups in total. The van der Waals surface area contributed by atoms with Gasteiger partial charge in [-0.25, -0.2) is 0 Å². The van der Waals surface area contributed by atoms with Crippen LogP contribution in [0.1, 0.15) is 30.9 Å². The average molecular weight is 281 g/mol. The molecule has 21 heavy (non-hydrogen) atoms. The van der Waals surface area contributed by atoms with Crippen LogP contribution in [-0.2, 0) is 0 Å². The predicted molar refractivity (Wildman–Crippen MR) is 86.2 cm³/mol. The smallest absolute Gasteiger partial charge is 0.0749 e. The third kappa shape index (κ3) is 2.34. The van der Waals surface area contributed by atoms with Crippen LogP contribution in [0.25, 0.3) is 10.9 Å². The van der Waals surface area contributed by atoms with Crippen molar-refractivity contribution < 1.29 is 0 Å². The molecule has 0 bridgehead atoms. The summed E-state index contributed by atoms with van der Waals surface area (Å²) in [5, 5.41) is 4.65. The quantitative estimate of drug-likeness (QED) is 0.934. The Kier molecular flexibility index (Phi) is 3.40. The lowest BCUT2D eigenvalue weighted by molar-refractivity contribution is 0.218. The second-order valence-electron chi connectivity index (χ2n) is 6.44. The maximum Gasteiger partial charge on any atom is 0.0749 e. The lowest BCUT2D eigenvalue weighted by Gasteiger charge is -2.29. The summed E-state index contributed by atoms with van der Waals surface area (Å²) in [5.41, 5.74) is 2.62. The summed E-state index contributed by atoms with van der Waals surface area (Å²) in [6.45, 7) is 2.34. The normalized spacial score (nSPS) is 26.5. The molecule has 3 nitrogen and oxygen atoms in total. The number of aromatic nitrogens is 1. The first-order valence-corrected chi connectivity index (χ1v) is 8.12. The second-order valence-corrected chi connectivity index (χ2v) is 6.44. The fourth-order valence-corrected chi connectivity index (χ4v) is 3.97. The number of rotatable bonds is 4. The van der Waals surface area contributed by atoms with Crippen molar-refractivity contribution in [2.24, 2.45) is 5.92 Å². The Morgan fingerprint density at radius 2 is 2.05 bits per heavy atom. The van der Waals surface area contributed by atoms with Gasteiger partial charge < -0.3 is 5.32 Å². The zero-order chi connectivity index (χ0) is 14.2. The van der Waals surface area contributed by atoms with E-state index >= 15 is 0 Å². The molecule has 1 saturated heterocycles. The maximum atomic E-state index is 4.69. The Morgan fingerprint density at radius 1 is 1.19 bits per heavy atom. The molecule has 2 unspecified atom stereocenters. The topological polar surface area (TPSA) is 28.2 Å². The van der Waals surface area contributed by atoms with Crippen molar-refractivity contribution in [3.05, 3.63) is 42.1 Å². The highest BCUT2D eigenvalue weighted by Gasteiger charge is 2.42. The first kappa shape index (κ1) is 13.2. The van der Waals surface area contributed by atoms with Gasteiger partial charge in [-0.2, -0.15) is 0 Å². The molecule has 1 aliphatic carbocycles. The minimum atomic E-state index is 0.531. The Balaban J connectivity index is 1.79. The molecule has 2 atom stereocenters. The highest BCUT2D eigenvalue weighted by molar-refractivity contribution is 5.82. The molecule has 1 aliphatic heterocycles. The first-order valence-electron chi connectivity index (χ1n) is 8.12. The largest absolute Gasteiger partial charge is 0.319 e. The summed E-state index contributed by atoms with van der Waals surface area (Å²) in [7, 11) is 2.07. The van der Waals surface area contributed by atoms with Crippen molar-refractivity contribution in [2.75, 3.05) is 20.1 Å². The summed E-state index contributed by atoms with van der Waals surface area (Å²) in [4.78, 5) is 7.43. The van der Waals surface area contributed by atoms with Gasteiger partial charge in [0.15, 0.2) is 0 Å². The van der Waals surface area contributed by atoms with Gasteiger partial charge in [0.2, 0.25) is 0 Å². The number of hydrogen-bond donors (Lipinski definition) is 1. The Morgan fingerprint density at radius 3 is 2.86 bits per heavy atom. The maximum absolute atomic E-state index is 4.69. The third-order valence-corrected chi connectivity index (χ3v) is 5.03. The van der Waals surface area contributed by atoms with Crippen LogP contribution < -0.4 is 5.32 Å². The van der Waals surface area contributed by atoms with Crippen molar-refractivity contribution >= 4 is 10.9 Å². The first-order chi connectivity index (χ1) is 10.4. The summed E-state index contributed by atoms with van der Waals surface area (Å²) < 4.78 is 0. The van der Waals surface area contributed by atoms with Crippen LogP contribution in [0.4, 0.5) is 0 Å². The van der Waals surface area contributed by atoms with Crippen LogP contribution in [0.5, 0.6) is 0 Å². The van der Waals surface area contributed by atoms with Gasteiger partial charge in [-0.3, -0.25) is 9.88 Å². The molecule has 1 aromatic carbocycles. The van der Waals surface area contributed by atoms with Crippen LogP contribution in [0, 0.1) is 5.92 Å². The number of nitrogens with one attached hydrogen (secondary N) is 1. The molecular formula is C18H23N3. The van der Waals surface area contributed by atoms with Crippen LogP contribution in [-0.4, -0.2) is 36.1 Å². The number of fused-ring (bicyclic) bond motifs is 1. The molecule has 2 aromatic rings. The van der Waals surface area contributed by atoms with Crippen molar-refractivity contribution in [1.29, 1.82) is 0 Å². The molecule has 1 saturated carbocycles. The summed E-state index contributed by atoms with van der Waals surface area (Å²) in [6.07, 6.45) is 5.97. The number of benzene rings is 1. The average Bonchev–Trinajstić information content (AvgIpc) is 3.29. The third-order valence-electron chi connectivity index (χ3n) is 5.03. The van der Waals surface area contributed by atoms with Gasteiger partial charge >= 0.3 is 0 Å². The van der Waals surface area contributed by atoms with Gasteiger partial charge in [0.25, 0.3) is 0 Å². The molecule has 2 aliphatic rings. The number of nitrogens with zero attached hydrogens (tertiary/aromatic N) is 2. The van der Waals surface area contributed by atoms with Crippen molar-refractivity contribution in [2.45, 2.75) is 31.3 Å². The van der Waals surface area contributed by atoms with Gasteiger partial charge in [-0.05, 0) is 56.9 Å². The molecular weight excluding hydrogens is 258 g/mol. The van der Waals surface area contributed by atoms with Crippen molar-refractivity contribution in [1.82, 2.24) is 15.2 Å². The van der Waals surface area contributed by atoms with E-state index in [1.165, 1.54) is 42.3 Å². The zero-order valence-electron chi connectivity index (χ0n) is 12.6. The van der Waals surface area contributed by atoms with E-state index in [2.05, 4.69) is 46.5 Å². The minimum absolute atomic E-state index is 0.531. The predicted octanol–water partition coefficient (Wildman–Crippen LogP) is 2.98. The van der Waals surface area contributed by atoms with E-state index < -0.39 is 0 Å². The Bertz CT molecular complexity index is 630. The van der Waals surface area contributed by atoms with E-state index in [9.17, 15) is 0 Å². The fraction of sp³-hybridized carbons (Fsp3) is 0.500. The highest BCUT2D eigenvalue weighted by atomic mass is 15.2.